The molecule has 2 bridgehead atoms. The first kappa shape index (κ1) is 13.1. The molecular formula is C17H25NO. The number of nitrogens with zero attached hydrogens (tertiary/aromatic N) is 1. The molecule has 104 valence electrons. The van der Waals surface area contributed by atoms with Gasteiger partial charge in [0, 0.05) is 25.4 Å². The highest BCUT2D eigenvalue weighted by molar-refractivity contribution is 5.19. The first-order chi connectivity index (χ1) is 9.09. The van der Waals surface area contributed by atoms with Crippen LogP contribution in [-0.2, 0) is 6.42 Å². The van der Waals surface area contributed by atoms with Crippen LogP contribution in [0.25, 0.3) is 0 Å². The van der Waals surface area contributed by atoms with E-state index in [-0.39, 0.29) is 0 Å². The smallest absolute Gasteiger partial charge is 0.0754 e. The van der Waals surface area contributed by atoms with Crippen LogP contribution in [0.2, 0.25) is 0 Å². The highest BCUT2D eigenvalue weighted by Crippen LogP contribution is 2.43. The topological polar surface area (TPSA) is 23.5 Å². The zero-order valence-electron chi connectivity index (χ0n) is 12.0. The third-order valence-corrected chi connectivity index (χ3v) is 5.30. The molecule has 0 amide bonds. The van der Waals surface area contributed by atoms with E-state index in [2.05, 4.69) is 43.0 Å². The summed E-state index contributed by atoms with van der Waals surface area (Å²) < 4.78 is 0. The van der Waals surface area contributed by atoms with Crippen molar-refractivity contribution < 1.29 is 5.11 Å². The minimum absolute atomic E-state index is 0.304. The van der Waals surface area contributed by atoms with Crippen molar-refractivity contribution in [3.63, 3.8) is 0 Å². The fourth-order valence-electron chi connectivity index (χ4n) is 4.04. The van der Waals surface area contributed by atoms with E-state index < -0.39 is 5.60 Å². The maximum absolute atomic E-state index is 11.3. The normalized spacial score (nSPS) is 32.7. The molecule has 2 heterocycles. The van der Waals surface area contributed by atoms with Crippen molar-refractivity contribution in [3.05, 3.63) is 35.9 Å². The molecule has 2 heteroatoms. The predicted molar refractivity (Wildman–Crippen MR) is 78.0 cm³/mol. The number of aliphatic hydroxyl groups is 1. The summed E-state index contributed by atoms with van der Waals surface area (Å²) in [6, 6.07) is 10.5. The summed E-state index contributed by atoms with van der Waals surface area (Å²) in [6.07, 6.45) is 2.06. The van der Waals surface area contributed by atoms with Gasteiger partial charge >= 0.3 is 0 Å². The fraction of sp³-hybridized carbons (Fsp3) is 0.647. The lowest BCUT2D eigenvalue weighted by Crippen LogP contribution is -2.50. The van der Waals surface area contributed by atoms with Gasteiger partial charge in [-0.05, 0) is 30.4 Å². The van der Waals surface area contributed by atoms with Crippen LogP contribution in [0.4, 0.5) is 0 Å². The highest BCUT2D eigenvalue weighted by Gasteiger charge is 2.50. The summed E-state index contributed by atoms with van der Waals surface area (Å²) in [6.45, 7) is 7.87. The van der Waals surface area contributed by atoms with E-state index in [1.54, 1.807) is 0 Å². The van der Waals surface area contributed by atoms with Crippen molar-refractivity contribution in [2.75, 3.05) is 19.6 Å². The molecule has 2 fully saturated rings. The van der Waals surface area contributed by atoms with Crippen molar-refractivity contribution in [1.29, 1.82) is 0 Å². The highest BCUT2D eigenvalue weighted by atomic mass is 16.3. The summed E-state index contributed by atoms with van der Waals surface area (Å²) in [7, 11) is 0. The van der Waals surface area contributed by atoms with Crippen LogP contribution in [0, 0.1) is 17.8 Å². The van der Waals surface area contributed by atoms with Crippen LogP contribution in [0.5, 0.6) is 0 Å². The summed E-state index contributed by atoms with van der Waals surface area (Å²) in [5, 5.41) is 11.3. The quantitative estimate of drug-likeness (QED) is 0.898. The summed E-state index contributed by atoms with van der Waals surface area (Å²) in [5.74, 6) is 1.45. The Kier molecular flexibility index (Phi) is 3.40. The van der Waals surface area contributed by atoms with Crippen molar-refractivity contribution in [2.45, 2.75) is 32.3 Å². The van der Waals surface area contributed by atoms with Crippen LogP contribution in [0.1, 0.15) is 25.8 Å². The van der Waals surface area contributed by atoms with E-state index in [1.165, 1.54) is 25.1 Å². The first-order valence-corrected chi connectivity index (χ1v) is 7.58. The third kappa shape index (κ3) is 2.32. The maximum atomic E-state index is 11.3. The largest absolute Gasteiger partial charge is 0.389 e. The van der Waals surface area contributed by atoms with Gasteiger partial charge in [-0.25, -0.2) is 0 Å². The number of piperidine rings is 1. The van der Waals surface area contributed by atoms with Gasteiger partial charge in [0.1, 0.15) is 0 Å². The lowest BCUT2D eigenvalue weighted by Gasteiger charge is -2.42. The molecule has 0 aromatic heterocycles. The minimum atomic E-state index is -0.554. The van der Waals surface area contributed by atoms with Crippen LogP contribution in [0.15, 0.2) is 30.3 Å². The Balaban J connectivity index is 1.83. The average Bonchev–Trinajstić information content (AvgIpc) is 3.02. The molecule has 0 saturated carbocycles. The Hall–Kier alpha value is -0.860. The van der Waals surface area contributed by atoms with Crippen molar-refractivity contribution in [1.82, 2.24) is 4.90 Å². The zero-order valence-corrected chi connectivity index (χ0v) is 12.0. The standard InChI is InChI=1S/C17H25NO/c1-13(2)17(19,10-14-6-4-3-5-7-14)16-12-18-9-8-15(16)11-18/h3-7,13,15-16,19H,8-12H2,1-2H3. The summed E-state index contributed by atoms with van der Waals surface area (Å²) in [5.41, 5.74) is 0.706. The average molecular weight is 259 g/mol. The van der Waals surface area contributed by atoms with Gasteiger partial charge in [-0.15, -0.1) is 0 Å². The van der Waals surface area contributed by atoms with E-state index in [1.807, 2.05) is 6.07 Å². The number of hydrogen-bond acceptors (Lipinski definition) is 2. The molecule has 2 aliphatic heterocycles. The second-order valence-corrected chi connectivity index (χ2v) is 6.72. The molecule has 0 spiro atoms. The van der Waals surface area contributed by atoms with E-state index in [9.17, 15) is 5.11 Å². The lowest BCUT2D eigenvalue weighted by atomic mass is 9.69. The van der Waals surface area contributed by atoms with Crippen molar-refractivity contribution in [2.24, 2.45) is 17.8 Å². The predicted octanol–water partition coefficient (Wildman–Crippen LogP) is 2.57. The SMILES string of the molecule is CC(C)C(O)(Cc1ccccc1)C1CN2CCC1C2. The van der Waals surface area contributed by atoms with Gasteiger partial charge in [0.15, 0.2) is 0 Å². The summed E-state index contributed by atoms with van der Waals surface area (Å²) in [4.78, 5) is 2.52. The first-order valence-electron chi connectivity index (χ1n) is 7.58. The monoisotopic (exact) mass is 259 g/mol. The molecular weight excluding hydrogens is 234 g/mol. The number of benzene rings is 1. The Bertz CT molecular complexity index is 430. The fourth-order valence-corrected chi connectivity index (χ4v) is 4.04. The number of hydrogen-bond donors (Lipinski definition) is 1. The molecule has 4 atom stereocenters. The molecule has 0 radical (unpaired) electrons. The van der Waals surface area contributed by atoms with Crippen molar-refractivity contribution >= 4 is 0 Å². The number of rotatable bonds is 4. The van der Waals surface area contributed by atoms with Crippen LogP contribution >= 0.6 is 0 Å². The molecule has 4 unspecified atom stereocenters. The second kappa shape index (κ2) is 4.92. The van der Waals surface area contributed by atoms with Gasteiger partial charge < -0.3 is 10.0 Å². The van der Waals surface area contributed by atoms with E-state index in [4.69, 9.17) is 0 Å². The van der Waals surface area contributed by atoms with Crippen LogP contribution < -0.4 is 0 Å². The van der Waals surface area contributed by atoms with Crippen molar-refractivity contribution in [3.8, 4) is 0 Å². The molecule has 3 rings (SSSR count). The maximum Gasteiger partial charge on any atom is 0.0754 e. The van der Waals surface area contributed by atoms with Gasteiger partial charge in [-0.3, -0.25) is 0 Å². The van der Waals surface area contributed by atoms with Gasteiger partial charge in [-0.1, -0.05) is 44.2 Å². The van der Waals surface area contributed by atoms with Crippen LogP contribution in [0.3, 0.4) is 0 Å². The molecule has 19 heavy (non-hydrogen) atoms. The molecule has 0 aliphatic carbocycles. The Morgan fingerprint density at radius 3 is 2.53 bits per heavy atom. The van der Waals surface area contributed by atoms with Gasteiger partial charge in [0.2, 0.25) is 0 Å². The van der Waals surface area contributed by atoms with Gasteiger partial charge in [0.05, 0.1) is 5.60 Å². The van der Waals surface area contributed by atoms with Gasteiger partial charge in [-0.2, -0.15) is 0 Å². The Morgan fingerprint density at radius 2 is 2.00 bits per heavy atom. The number of fused-ring (bicyclic) bond motifs is 2. The molecule has 1 aromatic carbocycles. The van der Waals surface area contributed by atoms with E-state index in [0.717, 1.165) is 13.0 Å². The minimum Gasteiger partial charge on any atom is -0.389 e. The third-order valence-electron chi connectivity index (χ3n) is 5.30. The second-order valence-electron chi connectivity index (χ2n) is 6.72. The molecule has 2 saturated heterocycles. The Labute approximate surface area is 116 Å². The molecule has 1 N–H and O–H groups in total. The molecule has 2 nitrogen and oxygen atoms in total. The molecule has 2 aliphatic rings. The van der Waals surface area contributed by atoms with E-state index >= 15 is 0 Å². The van der Waals surface area contributed by atoms with Gasteiger partial charge in [0.25, 0.3) is 0 Å². The van der Waals surface area contributed by atoms with Crippen LogP contribution in [-0.4, -0.2) is 35.2 Å². The van der Waals surface area contributed by atoms with E-state index in [0.29, 0.717) is 17.8 Å². The zero-order chi connectivity index (χ0) is 13.5. The lowest BCUT2D eigenvalue weighted by molar-refractivity contribution is -0.0732. The summed E-state index contributed by atoms with van der Waals surface area (Å²) >= 11 is 0. The Morgan fingerprint density at radius 1 is 1.26 bits per heavy atom. The molecule has 1 aromatic rings.